The summed E-state index contributed by atoms with van der Waals surface area (Å²) in [5, 5.41) is 0.824. The number of nitrogens with zero attached hydrogens (tertiary/aromatic N) is 2. The van der Waals surface area contributed by atoms with Crippen LogP contribution in [0.2, 0.25) is 10.0 Å². The van der Waals surface area contributed by atoms with Gasteiger partial charge in [0.05, 0.1) is 16.6 Å². The second-order valence-corrected chi connectivity index (χ2v) is 6.13. The summed E-state index contributed by atoms with van der Waals surface area (Å²) in [7, 11) is 3.62. The Morgan fingerprint density at radius 3 is 2.65 bits per heavy atom. The summed E-state index contributed by atoms with van der Waals surface area (Å²) in [5.41, 5.74) is 1.60. The van der Waals surface area contributed by atoms with Crippen LogP contribution in [0.5, 0.6) is 0 Å². The molecule has 0 radical (unpaired) electrons. The van der Waals surface area contributed by atoms with E-state index in [9.17, 15) is 4.79 Å². The molecule has 0 saturated heterocycles. The zero-order valence-electron chi connectivity index (χ0n) is 13.3. The molecular weight excluding hydrogens is 335 g/mol. The van der Waals surface area contributed by atoms with E-state index in [0.29, 0.717) is 35.3 Å². The predicted octanol–water partition coefficient (Wildman–Crippen LogP) is 4.01. The van der Waals surface area contributed by atoms with Crippen molar-refractivity contribution in [3.8, 4) is 0 Å². The lowest BCUT2D eigenvalue weighted by Crippen LogP contribution is -2.32. The Morgan fingerprint density at radius 1 is 1.26 bits per heavy atom. The number of amides is 1. The highest BCUT2D eigenvalue weighted by molar-refractivity contribution is 6.42. The quantitative estimate of drug-likeness (QED) is 0.704. The van der Waals surface area contributed by atoms with Gasteiger partial charge in [0.15, 0.2) is 0 Å². The van der Waals surface area contributed by atoms with Crippen LogP contribution < -0.4 is 0 Å². The average Bonchev–Trinajstić information content (AvgIpc) is 2.93. The number of hydrogen-bond acceptors (Lipinski definition) is 2. The van der Waals surface area contributed by atoms with Crippen molar-refractivity contribution in [2.45, 2.75) is 13.0 Å². The minimum Gasteiger partial charge on any atom is -0.385 e. The molecule has 0 unspecified atom stereocenters. The highest BCUT2D eigenvalue weighted by Crippen LogP contribution is 2.23. The molecule has 0 aliphatic heterocycles. The molecule has 0 bridgehead atoms. The van der Waals surface area contributed by atoms with E-state index in [2.05, 4.69) is 0 Å². The van der Waals surface area contributed by atoms with Crippen LogP contribution in [0.25, 0.3) is 0 Å². The molecule has 0 fully saturated rings. The van der Waals surface area contributed by atoms with Crippen molar-refractivity contribution in [2.24, 2.45) is 7.05 Å². The average molecular weight is 355 g/mol. The van der Waals surface area contributed by atoms with Gasteiger partial charge in [0.1, 0.15) is 0 Å². The van der Waals surface area contributed by atoms with Gasteiger partial charge < -0.3 is 14.2 Å². The van der Waals surface area contributed by atoms with E-state index >= 15 is 0 Å². The van der Waals surface area contributed by atoms with Crippen molar-refractivity contribution in [1.29, 1.82) is 0 Å². The Bertz CT molecular complexity index is 670. The first-order chi connectivity index (χ1) is 11.0. The zero-order chi connectivity index (χ0) is 16.8. The first kappa shape index (κ1) is 17.9. The summed E-state index contributed by atoms with van der Waals surface area (Å²) >= 11 is 12.0. The maximum atomic E-state index is 12.8. The number of ether oxygens (including phenoxy) is 1. The van der Waals surface area contributed by atoms with Gasteiger partial charge in [-0.15, -0.1) is 0 Å². The second-order valence-electron chi connectivity index (χ2n) is 5.31. The first-order valence-corrected chi connectivity index (χ1v) is 8.12. The smallest absolute Gasteiger partial charge is 0.254 e. The summed E-state index contributed by atoms with van der Waals surface area (Å²) in [4.78, 5) is 14.6. The van der Waals surface area contributed by atoms with Crippen molar-refractivity contribution in [2.75, 3.05) is 20.3 Å². The normalized spacial score (nSPS) is 10.8. The minimum absolute atomic E-state index is 0.0686. The Kier molecular flexibility index (Phi) is 6.51. The molecule has 23 heavy (non-hydrogen) atoms. The SMILES string of the molecule is COCCCN(Cc1cccn1C)C(=O)c1ccc(Cl)c(Cl)c1. The van der Waals surface area contributed by atoms with Crippen LogP contribution in [0, 0.1) is 0 Å². The highest BCUT2D eigenvalue weighted by atomic mass is 35.5. The van der Waals surface area contributed by atoms with E-state index < -0.39 is 0 Å². The number of aryl methyl sites for hydroxylation is 1. The molecule has 0 atom stereocenters. The number of aromatic nitrogens is 1. The van der Waals surface area contributed by atoms with Crippen LogP contribution in [0.1, 0.15) is 22.5 Å². The molecule has 4 nitrogen and oxygen atoms in total. The van der Waals surface area contributed by atoms with Crippen molar-refractivity contribution < 1.29 is 9.53 Å². The third-order valence-electron chi connectivity index (χ3n) is 3.63. The summed E-state index contributed by atoms with van der Waals surface area (Å²) < 4.78 is 7.10. The van der Waals surface area contributed by atoms with Crippen LogP contribution in [-0.4, -0.2) is 35.6 Å². The highest BCUT2D eigenvalue weighted by Gasteiger charge is 2.18. The molecule has 0 spiro atoms. The van der Waals surface area contributed by atoms with E-state index in [0.717, 1.165) is 12.1 Å². The van der Waals surface area contributed by atoms with Crippen LogP contribution in [0.15, 0.2) is 36.5 Å². The van der Waals surface area contributed by atoms with Crippen molar-refractivity contribution in [3.63, 3.8) is 0 Å². The fourth-order valence-electron chi connectivity index (χ4n) is 2.32. The summed E-state index contributed by atoms with van der Waals surface area (Å²) in [6.07, 6.45) is 2.74. The molecule has 0 aliphatic carbocycles. The summed E-state index contributed by atoms with van der Waals surface area (Å²) in [6.45, 7) is 1.75. The number of carbonyl (C=O) groups is 1. The van der Waals surface area contributed by atoms with Crippen LogP contribution in [-0.2, 0) is 18.3 Å². The van der Waals surface area contributed by atoms with Gasteiger partial charge in [-0.25, -0.2) is 0 Å². The molecule has 1 heterocycles. The van der Waals surface area contributed by atoms with Gasteiger partial charge in [-0.3, -0.25) is 4.79 Å². The molecule has 2 rings (SSSR count). The van der Waals surface area contributed by atoms with E-state index in [1.165, 1.54) is 0 Å². The standard InChI is InChI=1S/C17H20Cl2N2O2/c1-20-8-3-5-14(20)12-21(9-4-10-23-2)17(22)13-6-7-15(18)16(19)11-13/h3,5-8,11H,4,9-10,12H2,1-2H3. The Balaban J connectivity index is 2.18. The summed E-state index contributed by atoms with van der Waals surface area (Å²) in [6, 6.07) is 8.93. The third kappa shape index (κ3) is 4.74. The third-order valence-corrected chi connectivity index (χ3v) is 4.37. The number of halogens is 2. The molecule has 0 saturated carbocycles. The Labute approximate surface area is 146 Å². The fourth-order valence-corrected chi connectivity index (χ4v) is 2.62. The van der Waals surface area contributed by atoms with E-state index in [-0.39, 0.29) is 5.91 Å². The van der Waals surface area contributed by atoms with E-state index in [1.54, 1.807) is 30.2 Å². The minimum atomic E-state index is -0.0686. The number of rotatable bonds is 7. The second kappa shape index (κ2) is 8.39. The summed E-state index contributed by atoms with van der Waals surface area (Å²) in [5.74, 6) is -0.0686. The molecule has 0 N–H and O–H groups in total. The molecule has 1 aromatic heterocycles. The molecule has 6 heteroatoms. The maximum absolute atomic E-state index is 12.8. The van der Waals surface area contributed by atoms with Gasteiger partial charge in [-0.1, -0.05) is 23.2 Å². The Hall–Kier alpha value is -1.49. The predicted molar refractivity (Wildman–Crippen MR) is 93.1 cm³/mol. The van der Waals surface area contributed by atoms with E-state index in [1.807, 2.05) is 29.9 Å². The maximum Gasteiger partial charge on any atom is 0.254 e. The van der Waals surface area contributed by atoms with Crippen LogP contribution in [0.4, 0.5) is 0 Å². The molecule has 1 aromatic carbocycles. The van der Waals surface area contributed by atoms with Crippen LogP contribution >= 0.6 is 23.2 Å². The van der Waals surface area contributed by atoms with Crippen molar-refractivity contribution in [3.05, 3.63) is 57.8 Å². The number of benzene rings is 1. The molecule has 0 aliphatic rings. The number of carbonyl (C=O) groups excluding carboxylic acids is 1. The van der Waals surface area contributed by atoms with Gasteiger partial charge in [0, 0.05) is 44.8 Å². The molecule has 2 aromatic rings. The number of hydrogen-bond donors (Lipinski definition) is 0. The molecular formula is C17H20Cl2N2O2. The lowest BCUT2D eigenvalue weighted by molar-refractivity contribution is 0.0720. The largest absolute Gasteiger partial charge is 0.385 e. The lowest BCUT2D eigenvalue weighted by atomic mass is 10.2. The molecule has 1 amide bonds. The van der Waals surface area contributed by atoms with Gasteiger partial charge in [-0.2, -0.15) is 0 Å². The van der Waals surface area contributed by atoms with Gasteiger partial charge in [-0.05, 0) is 36.8 Å². The topological polar surface area (TPSA) is 34.5 Å². The van der Waals surface area contributed by atoms with Gasteiger partial charge >= 0.3 is 0 Å². The van der Waals surface area contributed by atoms with E-state index in [4.69, 9.17) is 27.9 Å². The zero-order valence-corrected chi connectivity index (χ0v) is 14.8. The van der Waals surface area contributed by atoms with Crippen molar-refractivity contribution >= 4 is 29.1 Å². The lowest BCUT2D eigenvalue weighted by Gasteiger charge is -2.23. The monoisotopic (exact) mass is 354 g/mol. The molecule has 124 valence electrons. The Morgan fingerprint density at radius 2 is 2.04 bits per heavy atom. The van der Waals surface area contributed by atoms with Crippen LogP contribution in [0.3, 0.4) is 0 Å². The van der Waals surface area contributed by atoms with Crippen molar-refractivity contribution in [1.82, 2.24) is 9.47 Å². The van der Waals surface area contributed by atoms with Gasteiger partial charge in [0.25, 0.3) is 5.91 Å². The fraction of sp³-hybridized carbons (Fsp3) is 0.353. The van der Waals surface area contributed by atoms with Gasteiger partial charge in [0.2, 0.25) is 0 Å². The number of methoxy groups -OCH3 is 1. The first-order valence-electron chi connectivity index (χ1n) is 7.36.